The van der Waals surface area contributed by atoms with Gasteiger partial charge in [-0.25, -0.2) is 9.18 Å². The molecule has 0 saturated carbocycles. The van der Waals surface area contributed by atoms with Crippen LogP contribution in [-0.2, 0) is 27.4 Å². The smallest absolute Gasteiger partial charge is 0.325 e. The van der Waals surface area contributed by atoms with Crippen LogP contribution in [0.1, 0.15) is 37.9 Å². The van der Waals surface area contributed by atoms with Crippen molar-refractivity contribution in [2.75, 3.05) is 19.7 Å². The average molecular weight is 448 g/mol. The summed E-state index contributed by atoms with van der Waals surface area (Å²) in [4.78, 5) is 40.2. The van der Waals surface area contributed by atoms with E-state index in [0.29, 0.717) is 5.76 Å². The van der Waals surface area contributed by atoms with E-state index in [0.717, 1.165) is 11.3 Å². The van der Waals surface area contributed by atoms with Crippen molar-refractivity contribution in [1.29, 1.82) is 0 Å². The molecule has 0 aliphatic heterocycles. The van der Waals surface area contributed by atoms with Crippen molar-refractivity contribution in [3.8, 4) is 0 Å². The summed E-state index contributed by atoms with van der Waals surface area (Å²) < 4.78 is 23.7. The third kappa shape index (κ3) is 7.72. The van der Waals surface area contributed by atoms with E-state index in [-0.39, 0.29) is 50.6 Å². The summed E-state index contributed by atoms with van der Waals surface area (Å²) >= 11 is 0. The predicted octanol–water partition coefficient (Wildman–Crippen LogP) is 3.24. The largest absolute Gasteiger partial charge is 0.465 e. The molecule has 1 aromatic heterocycles. The van der Waals surface area contributed by atoms with Gasteiger partial charge in [-0.3, -0.25) is 9.59 Å². The molecule has 0 unspecified atom stereocenters. The van der Waals surface area contributed by atoms with E-state index in [1.807, 2.05) is 6.92 Å². The van der Waals surface area contributed by atoms with Gasteiger partial charge in [0.05, 0.1) is 13.2 Å². The van der Waals surface area contributed by atoms with Gasteiger partial charge >= 0.3 is 12.0 Å². The van der Waals surface area contributed by atoms with Crippen molar-refractivity contribution in [2.45, 2.75) is 46.8 Å². The average Bonchev–Trinajstić information content (AvgIpc) is 3.15. The van der Waals surface area contributed by atoms with Crippen LogP contribution in [-0.4, -0.2) is 53.4 Å². The highest BCUT2D eigenvalue weighted by Gasteiger charge is 2.25. The molecule has 0 atom stereocenters. The lowest BCUT2D eigenvalue weighted by atomic mass is 10.2. The van der Waals surface area contributed by atoms with Crippen molar-refractivity contribution in [3.05, 3.63) is 59.3 Å². The Morgan fingerprint density at radius 3 is 2.34 bits per heavy atom. The second-order valence-electron chi connectivity index (χ2n) is 7.57. The number of aryl methyl sites for hydroxylation is 1. The van der Waals surface area contributed by atoms with Crippen molar-refractivity contribution < 1.29 is 27.9 Å². The summed E-state index contributed by atoms with van der Waals surface area (Å²) in [6, 6.07) is 8.63. The summed E-state index contributed by atoms with van der Waals surface area (Å²) in [5.74, 6) is 0.0834. The van der Waals surface area contributed by atoms with Gasteiger partial charge in [0.2, 0.25) is 5.91 Å². The highest BCUT2D eigenvalue weighted by Crippen LogP contribution is 2.15. The molecule has 32 heavy (non-hydrogen) atoms. The minimum absolute atomic E-state index is 0.195. The molecule has 0 bridgehead atoms. The summed E-state index contributed by atoms with van der Waals surface area (Å²) in [7, 11) is 0. The lowest BCUT2D eigenvalue weighted by molar-refractivity contribution is -0.141. The maximum absolute atomic E-state index is 13.3. The number of carbonyl (C=O) groups excluding carboxylic acids is 3. The zero-order valence-corrected chi connectivity index (χ0v) is 18.9. The topological polar surface area (TPSA) is 92.1 Å². The number of urea groups is 1. The fourth-order valence-corrected chi connectivity index (χ4v) is 3.00. The molecule has 1 N–H and O–H groups in total. The third-order valence-electron chi connectivity index (χ3n) is 4.66. The Hall–Kier alpha value is -3.36. The number of hydrogen-bond donors (Lipinski definition) is 1. The molecule has 0 radical (unpaired) electrons. The van der Waals surface area contributed by atoms with Crippen LogP contribution in [0.3, 0.4) is 0 Å². The Kier molecular flexibility index (Phi) is 9.24. The minimum atomic E-state index is -0.554. The highest BCUT2D eigenvalue weighted by molar-refractivity contribution is 5.86. The SMILES string of the molecule is CCOC(=O)CNC(=O)N(CC(=O)N(Cc1ccc(F)cc1)Cc1ccc(C)o1)C(C)C. The normalized spacial score (nSPS) is 10.7. The highest BCUT2D eigenvalue weighted by atomic mass is 19.1. The van der Waals surface area contributed by atoms with Crippen LogP contribution in [0.4, 0.5) is 9.18 Å². The van der Waals surface area contributed by atoms with Gasteiger partial charge < -0.3 is 24.3 Å². The number of carbonyl (C=O) groups is 3. The van der Waals surface area contributed by atoms with Gasteiger partial charge in [-0.05, 0) is 57.5 Å². The monoisotopic (exact) mass is 447 g/mol. The van der Waals surface area contributed by atoms with E-state index in [9.17, 15) is 18.8 Å². The molecule has 8 nitrogen and oxygen atoms in total. The number of furan rings is 1. The third-order valence-corrected chi connectivity index (χ3v) is 4.66. The van der Waals surface area contributed by atoms with Crippen molar-refractivity contribution in [2.24, 2.45) is 0 Å². The van der Waals surface area contributed by atoms with Gasteiger partial charge in [-0.15, -0.1) is 0 Å². The first-order chi connectivity index (χ1) is 15.2. The van der Waals surface area contributed by atoms with E-state index in [1.54, 1.807) is 49.9 Å². The summed E-state index contributed by atoms with van der Waals surface area (Å²) in [5, 5.41) is 2.48. The van der Waals surface area contributed by atoms with E-state index in [4.69, 9.17) is 9.15 Å². The molecule has 3 amide bonds. The molecular weight excluding hydrogens is 417 g/mol. The number of amides is 3. The number of nitrogens with zero attached hydrogens (tertiary/aromatic N) is 2. The molecule has 0 aliphatic carbocycles. The first-order valence-corrected chi connectivity index (χ1v) is 10.5. The van der Waals surface area contributed by atoms with Crippen LogP contribution >= 0.6 is 0 Å². The lowest BCUT2D eigenvalue weighted by Crippen LogP contribution is -2.50. The molecule has 0 fully saturated rings. The van der Waals surface area contributed by atoms with Gasteiger partial charge in [0.1, 0.15) is 30.4 Å². The summed E-state index contributed by atoms with van der Waals surface area (Å²) in [6.07, 6.45) is 0. The zero-order chi connectivity index (χ0) is 23.7. The lowest BCUT2D eigenvalue weighted by Gasteiger charge is -2.30. The number of esters is 1. The van der Waals surface area contributed by atoms with Crippen molar-refractivity contribution in [3.63, 3.8) is 0 Å². The van der Waals surface area contributed by atoms with Gasteiger partial charge in [0.15, 0.2) is 0 Å². The Morgan fingerprint density at radius 1 is 1.09 bits per heavy atom. The van der Waals surface area contributed by atoms with Gasteiger partial charge in [0.25, 0.3) is 0 Å². The summed E-state index contributed by atoms with van der Waals surface area (Å²) in [6.45, 7) is 7.18. The minimum Gasteiger partial charge on any atom is -0.465 e. The number of benzene rings is 1. The first-order valence-electron chi connectivity index (χ1n) is 10.5. The standard InChI is InChI=1S/C23H30FN3O5/c1-5-31-22(29)12-25-23(30)27(16(2)3)15-21(28)26(14-20-11-6-17(4)32-20)13-18-7-9-19(24)10-8-18/h6-11,16H,5,12-15H2,1-4H3,(H,25,30). The van der Waals surface area contributed by atoms with Gasteiger partial charge in [-0.1, -0.05) is 12.1 Å². The Bertz CT molecular complexity index is 911. The molecule has 174 valence electrons. The molecule has 0 aliphatic rings. The summed E-state index contributed by atoms with van der Waals surface area (Å²) in [5.41, 5.74) is 0.742. The number of nitrogens with one attached hydrogen (secondary N) is 1. The second-order valence-corrected chi connectivity index (χ2v) is 7.57. The van der Waals surface area contributed by atoms with Crippen LogP contribution in [0, 0.1) is 12.7 Å². The fraction of sp³-hybridized carbons (Fsp3) is 0.435. The maximum atomic E-state index is 13.3. The van der Waals surface area contributed by atoms with E-state index < -0.39 is 12.0 Å². The van der Waals surface area contributed by atoms with Crippen molar-refractivity contribution >= 4 is 17.9 Å². The molecule has 0 spiro atoms. The Morgan fingerprint density at radius 2 is 1.78 bits per heavy atom. The number of ether oxygens (including phenoxy) is 1. The predicted molar refractivity (Wildman–Crippen MR) is 116 cm³/mol. The van der Waals surface area contributed by atoms with Gasteiger partial charge in [0, 0.05) is 12.6 Å². The molecule has 9 heteroatoms. The van der Waals surface area contributed by atoms with Crippen LogP contribution in [0.2, 0.25) is 0 Å². The van der Waals surface area contributed by atoms with E-state index in [2.05, 4.69) is 5.32 Å². The van der Waals surface area contributed by atoms with Crippen LogP contribution < -0.4 is 5.32 Å². The molecule has 0 saturated heterocycles. The number of rotatable bonds is 10. The number of halogens is 1. The molecular formula is C23H30FN3O5. The first kappa shape index (κ1) is 24.9. The molecule has 2 aromatic rings. The fourth-order valence-electron chi connectivity index (χ4n) is 3.00. The molecule has 2 rings (SSSR count). The Labute approximate surface area is 187 Å². The second kappa shape index (κ2) is 11.9. The van der Waals surface area contributed by atoms with Crippen LogP contribution in [0.5, 0.6) is 0 Å². The van der Waals surface area contributed by atoms with Crippen molar-refractivity contribution in [1.82, 2.24) is 15.1 Å². The van der Waals surface area contributed by atoms with Crippen LogP contribution in [0.25, 0.3) is 0 Å². The maximum Gasteiger partial charge on any atom is 0.325 e. The van der Waals surface area contributed by atoms with Crippen LogP contribution in [0.15, 0.2) is 40.8 Å². The number of hydrogen-bond acceptors (Lipinski definition) is 5. The van der Waals surface area contributed by atoms with Gasteiger partial charge in [-0.2, -0.15) is 0 Å². The molecule has 1 aromatic carbocycles. The molecule has 1 heterocycles. The van der Waals surface area contributed by atoms with E-state index >= 15 is 0 Å². The van der Waals surface area contributed by atoms with E-state index in [1.165, 1.54) is 17.0 Å². The zero-order valence-electron chi connectivity index (χ0n) is 18.9. The quantitative estimate of drug-likeness (QED) is 0.565. The Balaban J connectivity index is 2.13.